The van der Waals surface area contributed by atoms with Gasteiger partial charge in [0.2, 0.25) is 0 Å². The predicted molar refractivity (Wildman–Crippen MR) is 360 cm³/mol. The second kappa shape index (κ2) is 19.8. The Morgan fingerprint density at radius 3 is 1.62 bits per heavy atom. The first-order chi connectivity index (χ1) is 42.1. The number of ether oxygens (including phenoxy) is 1. The number of hydrogen-bond acceptors (Lipinski definition) is 5. The van der Waals surface area contributed by atoms with Crippen molar-refractivity contribution in [1.29, 1.82) is 0 Å². The highest BCUT2D eigenvalue weighted by atomic mass is 35.5. The van der Waals surface area contributed by atoms with Crippen LogP contribution in [0.2, 0.25) is 5.02 Å². The molecule has 2 aromatic heterocycles. The summed E-state index contributed by atoms with van der Waals surface area (Å²) < 4.78 is 12.2. The summed E-state index contributed by atoms with van der Waals surface area (Å²) in [4.78, 5) is 4.84. The lowest BCUT2D eigenvalue weighted by molar-refractivity contribution is 0.436. The number of halogens is 1. The second-order valence-corrected chi connectivity index (χ2v) is 24.5. The van der Waals surface area contributed by atoms with E-state index in [1.807, 2.05) is 28.7 Å². The van der Waals surface area contributed by atoms with Gasteiger partial charge in [0.25, 0.3) is 0 Å². The van der Waals surface area contributed by atoms with Crippen molar-refractivity contribution in [3.05, 3.63) is 325 Å². The van der Waals surface area contributed by atoms with Gasteiger partial charge >= 0.3 is 0 Å². The number of para-hydroxylation sites is 3. The molecule has 3 heterocycles. The van der Waals surface area contributed by atoms with E-state index in [4.69, 9.17) is 16.3 Å². The number of fused-ring (bicyclic) bond motifs is 15. The van der Waals surface area contributed by atoms with E-state index in [1.165, 1.54) is 68.2 Å². The standard InChI is InChI=1S/C79H49ClN2OS2/c80-53-38-42-63-68(46-53)79(67-32-19-30-59(76(63)67)51-36-39-56(40-37-51)81(54-24-9-3-10-25-54)58-47-64(50-20-5-1-6-21-50)77-65(48-58)61-29-14-18-35-74(61)84-77)66-31-15-16-33-71(66)83-72-45-41-57(49-69(72)79)82(55-26-11-4-12-27-55)70-44-43-62-60-28-13-17-34-73(60)85-78(62)75(70)52-22-7-2-8-23-52/h1-49H. The molecule has 0 amide bonds. The molecule has 1 spiro atoms. The monoisotopic (exact) mass is 1140 g/mol. The van der Waals surface area contributed by atoms with Crippen LogP contribution in [0.5, 0.6) is 11.5 Å². The van der Waals surface area contributed by atoms with E-state index < -0.39 is 5.41 Å². The van der Waals surface area contributed by atoms with Crippen molar-refractivity contribution in [2.45, 2.75) is 5.41 Å². The Labute approximate surface area is 505 Å². The lowest BCUT2D eigenvalue weighted by Gasteiger charge is -2.40. The lowest BCUT2D eigenvalue weighted by Crippen LogP contribution is -2.32. The zero-order valence-electron chi connectivity index (χ0n) is 45.8. The summed E-state index contributed by atoms with van der Waals surface area (Å²) in [5, 5.41) is 5.72. The average molecular weight is 1140 g/mol. The molecule has 15 aromatic rings. The van der Waals surface area contributed by atoms with Crippen LogP contribution in [-0.2, 0) is 5.41 Å². The smallest absolute Gasteiger partial charge is 0.132 e. The molecule has 1 aliphatic heterocycles. The van der Waals surface area contributed by atoms with Crippen molar-refractivity contribution in [2.75, 3.05) is 9.80 Å². The topological polar surface area (TPSA) is 15.7 Å². The highest BCUT2D eigenvalue weighted by Crippen LogP contribution is 2.65. The highest BCUT2D eigenvalue weighted by molar-refractivity contribution is 7.26. The molecule has 0 saturated carbocycles. The maximum atomic E-state index is 7.28. The molecule has 17 rings (SSSR count). The van der Waals surface area contributed by atoms with Crippen molar-refractivity contribution in [2.24, 2.45) is 0 Å². The summed E-state index contributed by atoms with van der Waals surface area (Å²) in [6, 6.07) is 108. The second-order valence-electron chi connectivity index (χ2n) is 22.0. The first-order valence-corrected chi connectivity index (χ1v) is 30.7. The van der Waals surface area contributed by atoms with Crippen molar-refractivity contribution in [3.8, 4) is 56.0 Å². The molecule has 2 aliphatic rings. The van der Waals surface area contributed by atoms with Gasteiger partial charge in [0, 0.05) is 96.1 Å². The summed E-state index contributed by atoms with van der Waals surface area (Å²) in [6.45, 7) is 0. The Morgan fingerprint density at radius 2 is 0.882 bits per heavy atom. The van der Waals surface area contributed by atoms with Gasteiger partial charge in [0.05, 0.1) is 11.1 Å². The Kier molecular flexibility index (Phi) is 11.6. The van der Waals surface area contributed by atoms with Crippen LogP contribution in [-0.4, -0.2) is 0 Å². The van der Waals surface area contributed by atoms with Gasteiger partial charge in [-0.2, -0.15) is 0 Å². The molecular formula is C79H49ClN2OS2. The third kappa shape index (κ3) is 7.78. The quantitative estimate of drug-likeness (QED) is 0.143. The molecule has 0 fully saturated rings. The molecule has 3 nitrogen and oxygen atoms in total. The van der Waals surface area contributed by atoms with Gasteiger partial charge in [-0.1, -0.05) is 206 Å². The number of benzene rings is 13. The van der Waals surface area contributed by atoms with E-state index in [2.05, 4.69) is 301 Å². The van der Waals surface area contributed by atoms with Crippen LogP contribution < -0.4 is 14.5 Å². The Bertz CT molecular complexity index is 5120. The molecule has 400 valence electrons. The normalized spacial score (nSPS) is 13.8. The Morgan fingerprint density at radius 1 is 0.306 bits per heavy atom. The number of nitrogens with zero attached hydrogens (tertiary/aromatic N) is 2. The van der Waals surface area contributed by atoms with Crippen LogP contribution >= 0.6 is 34.3 Å². The molecule has 0 N–H and O–H groups in total. The molecule has 13 aromatic carbocycles. The molecule has 85 heavy (non-hydrogen) atoms. The minimum Gasteiger partial charge on any atom is -0.457 e. The average Bonchev–Trinajstić information content (AvgIpc) is 1.60. The fourth-order valence-corrected chi connectivity index (χ4v) is 16.4. The van der Waals surface area contributed by atoms with Gasteiger partial charge in [-0.3, -0.25) is 0 Å². The fraction of sp³-hybridized carbons (Fsp3) is 0.0127. The zero-order chi connectivity index (χ0) is 56.2. The first-order valence-electron chi connectivity index (χ1n) is 28.7. The van der Waals surface area contributed by atoms with E-state index in [-0.39, 0.29) is 0 Å². The van der Waals surface area contributed by atoms with Crippen molar-refractivity contribution in [1.82, 2.24) is 0 Å². The van der Waals surface area contributed by atoms with Crippen molar-refractivity contribution >= 4 is 109 Å². The summed E-state index contributed by atoms with van der Waals surface area (Å²) in [6.07, 6.45) is 0. The van der Waals surface area contributed by atoms with Gasteiger partial charge in [-0.15, -0.1) is 22.7 Å². The van der Waals surface area contributed by atoms with Gasteiger partial charge in [-0.25, -0.2) is 0 Å². The Balaban J connectivity index is 0.856. The maximum Gasteiger partial charge on any atom is 0.132 e. The summed E-state index contributed by atoms with van der Waals surface area (Å²) in [5.74, 6) is 1.63. The van der Waals surface area contributed by atoms with Crippen LogP contribution in [0, 0.1) is 0 Å². The van der Waals surface area contributed by atoms with E-state index in [1.54, 1.807) is 0 Å². The molecule has 6 heteroatoms. The summed E-state index contributed by atoms with van der Waals surface area (Å²) >= 11 is 11.0. The molecule has 0 bridgehead atoms. The minimum absolute atomic E-state index is 0.679. The molecule has 0 radical (unpaired) electrons. The number of rotatable bonds is 9. The van der Waals surface area contributed by atoms with E-state index in [9.17, 15) is 0 Å². The predicted octanol–water partition coefficient (Wildman–Crippen LogP) is 23.5. The van der Waals surface area contributed by atoms with Crippen LogP contribution in [0.25, 0.3) is 84.9 Å². The van der Waals surface area contributed by atoms with Crippen LogP contribution in [0.1, 0.15) is 22.3 Å². The van der Waals surface area contributed by atoms with Gasteiger partial charge in [0.15, 0.2) is 0 Å². The molecule has 1 atom stereocenters. The van der Waals surface area contributed by atoms with Gasteiger partial charge < -0.3 is 14.5 Å². The molecule has 1 aliphatic carbocycles. The number of anilines is 6. The summed E-state index contributed by atoms with van der Waals surface area (Å²) in [5.41, 5.74) is 19.4. The van der Waals surface area contributed by atoms with Gasteiger partial charge in [-0.05, 0) is 148 Å². The molecular weight excluding hydrogens is 1090 g/mol. The molecule has 1 unspecified atom stereocenters. The SMILES string of the molecule is Clc1ccc2c(c1)C1(c3ccccc3Oc3ccc(N(c4ccccc4)c4ccc5c(sc6ccccc65)c4-c4ccccc4)cc31)c1cccc(-c3ccc(N(c4ccccc4)c4cc(-c5ccccc5)c5sc6ccccc6c5c4)cc3)c1-2. The van der Waals surface area contributed by atoms with Crippen LogP contribution in [0.15, 0.2) is 297 Å². The van der Waals surface area contributed by atoms with E-state index >= 15 is 0 Å². The first kappa shape index (κ1) is 49.6. The van der Waals surface area contributed by atoms with E-state index in [0.717, 1.165) is 84.6 Å². The highest BCUT2D eigenvalue weighted by Gasteiger charge is 2.52. The third-order valence-corrected chi connectivity index (χ3v) is 20.0. The van der Waals surface area contributed by atoms with Crippen LogP contribution in [0.4, 0.5) is 34.1 Å². The third-order valence-electron chi connectivity index (χ3n) is 17.4. The molecule has 0 saturated heterocycles. The fourth-order valence-electron chi connectivity index (χ4n) is 13.8. The lowest BCUT2D eigenvalue weighted by atomic mass is 9.66. The summed E-state index contributed by atoms with van der Waals surface area (Å²) in [7, 11) is 0. The van der Waals surface area contributed by atoms with E-state index in [0.29, 0.717) is 5.02 Å². The zero-order valence-corrected chi connectivity index (χ0v) is 48.2. The van der Waals surface area contributed by atoms with Crippen LogP contribution in [0.3, 0.4) is 0 Å². The number of thiophene rings is 2. The van der Waals surface area contributed by atoms with Crippen molar-refractivity contribution < 1.29 is 4.74 Å². The largest absolute Gasteiger partial charge is 0.457 e. The maximum absolute atomic E-state index is 7.28. The number of hydrogen-bond donors (Lipinski definition) is 0. The minimum atomic E-state index is -0.823. The van der Waals surface area contributed by atoms with Crippen molar-refractivity contribution in [3.63, 3.8) is 0 Å². The van der Waals surface area contributed by atoms with Gasteiger partial charge in [0.1, 0.15) is 11.5 Å². The Hall–Kier alpha value is -10.0.